The van der Waals surface area contributed by atoms with Gasteiger partial charge in [-0.05, 0) is 43.0 Å². The van der Waals surface area contributed by atoms with Gasteiger partial charge in [0.2, 0.25) is 0 Å². The predicted molar refractivity (Wildman–Crippen MR) is 77.1 cm³/mol. The number of benzene rings is 2. The van der Waals surface area contributed by atoms with E-state index in [9.17, 15) is 4.39 Å². The topological polar surface area (TPSA) is 52.0 Å². The first-order valence-corrected chi connectivity index (χ1v) is 7.04. The average Bonchev–Trinajstić information content (AvgIpc) is 2.80. The molecule has 0 saturated carbocycles. The van der Waals surface area contributed by atoms with Crippen LogP contribution in [0.25, 0.3) is 11.1 Å². The van der Waals surface area contributed by atoms with Crippen LogP contribution in [0.3, 0.4) is 0 Å². The highest BCUT2D eigenvalue weighted by molar-refractivity contribution is 7.99. The molecular weight excluding hydrogens is 275 g/mol. The summed E-state index contributed by atoms with van der Waals surface area (Å²) >= 11 is 1.28. The first-order valence-electron chi connectivity index (χ1n) is 6.22. The molecule has 2 aromatic carbocycles. The lowest BCUT2D eigenvalue weighted by molar-refractivity contribution is 0.489. The molecule has 1 heterocycles. The molecule has 1 aromatic heterocycles. The Morgan fingerprint density at radius 2 is 2.00 bits per heavy atom. The largest absolute Gasteiger partial charge is 0.431 e. The number of rotatable bonds is 3. The van der Waals surface area contributed by atoms with Crippen LogP contribution < -0.4 is 5.73 Å². The third kappa shape index (κ3) is 2.42. The second kappa shape index (κ2) is 5.26. The Hall–Kier alpha value is -1.85. The highest BCUT2D eigenvalue weighted by atomic mass is 32.2. The molecule has 0 aliphatic rings. The lowest BCUT2D eigenvalue weighted by Crippen LogP contribution is -2.08. The van der Waals surface area contributed by atoms with Gasteiger partial charge in [-0.1, -0.05) is 18.2 Å². The molecule has 0 radical (unpaired) electrons. The fraction of sp³-hybridized carbons (Fsp3) is 0.133. The van der Waals surface area contributed by atoms with Crippen LogP contribution in [0.1, 0.15) is 18.5 Å². The van der Waals surface area contributed by atoms with E-state index < -0.39 is 0 Å². The third-order valence-electron chi connectivity index (χ3n) is 2.94. The summed E-state index contributed by atoms with van der Waals surface area (Å²) in [7, 11) is 0. The van der Waals surface area contributed by atoms with Gasteiger partial charge in [-0.3, -0.25) is 0 Å². The first-order chi connectivity index (χ1) is 9.65. The fourth-order valence-electron chi connectivity index (χ4n) is 2.04. The van der Waals surface area contributed by atoms with Crippen LogP contribution in [0, 0.1) is 5.82 Å². The smallest absolute Gasteiger partial charge is 0.261 e. The molecule has 3 aromatic rings. The number of hydrogen-bond donors (Lipinski definition) is 1. The summed E-state index contributed by atoms with van der Waals surface area (Å²) in [6.07, 6.45) is 0. The van der Waals surface area contributed by atoms with Crippen molar-refractivity contribution in [1.29, 1.82) is 0 Å². The summed E-state index contributed by atoms with van der Waals surface area (Å²) in [6.45, 7) is 1.76. The van der Waals surface area contributed by atoms with Crippen molar-refractivity contribution >= 4 is 22.9 Å². The number of halogens is 1. The predicted octanol–water partition coefficient (Wildman–Crippen LogP) is 4.14. The summed E-state index contributed by atoms with van der Waals surface area (Å²) in [5, 5.41) is 0.485. The van der Waals surface area contributed by atoms with E-state index in [0.717, 1.165) is 10.4 Å². The molecule has 3 rings (SSSR count). The van der Waals surface area contributed by atoms with E-state index >= 15 is 0 Å². The second-order valence-electron chi connectivity index (χ2n) is 4.49. The molecule has 5 heteroatoms. The van der Waals surface area contributed by atoms with Gasteiger partial charge < -0.3 is 10.2 Å². The molecule has 1 atom stereocenters. The van der Waals surface area contributed by atoms with Crippen LogP contribution in [0.4, 0.5) is 4.39 Å². The first kappa shape index (κ1) is 13.1. The van der Waals surface area contributed by atoms with Crippen molar-refractivity contribution in [2.24, 2.45) is 5.73 Å². The monoisotopic (exact) mass is 288 g/mol. The molecule has 0 amide bonds. The van der Waals surface area contributed by atoms with E-state index in [2.05, 4.69) is 4.98 Å². The van der Waals surface area contributed by atoms with Gasteiger partial charge >= 0.3 is 0 Å². The van der Waals surface area contributed by atoms with Crippen LogP contribution in [0.15, 0.2) is 57.0 Å². The zero-order chi connectivity index (χ0) is 14.1. The summed E-state index contributed by atoms with van der Waals surface area (Å²) in [5.41, 5.74) is 7.83. The van der Waals surface area contributed by atoms with Gasteiger partial charge in [0.15, 0.2) is 5.58 Å². The molecule has 20 heavy (non-hydrogen) atoms. The van der Waals surface area contributed by atoms with Crippen molar-refractivity contribution in [1.82, 2.24) is 4.98 Å². The van der Waals surface area contributed by atoms with Crippen LogP contribution in [0.5, 0.6) is 0 Å². The van der Waals surface area contributed by atoms with Gasteiger partial charge in [0.25, 0.3) is 5.22 Å². The molecule has 0 saturated heterocycles. The van der Waals surface area contributed by atoms with E-state index in [0.29, 0.717) is 16.4 Å². The zero-order valence-corrected chi connectivity index (χ0v) is 11.7. The lowest BCUT2D eigenvalue weighted by Gasteiger charge is -2.11. The van der Waals surface area contributed by atoms with Gasteiger partial charge in [0.1, 0.15) is 11.3 Å². The second-order valence-corrected chi connectivity index (χ2v) is 5.48. The standard InChI is InChI=1S/C15H13FN2OS/c1-9(17)14-10(16)5-4-8-13(14)20-15-18-11-6-2-3-7-12(11)19-15/h2-9H,17H2,1H3. The number of fused-ring (bicyclic) bond motifs is 1. The van der Waals surface area contributed by atoms with E-state index in [4.69, 9.17) is 10.2 Å². The van der Waals surface area contributed by atoms with Crippen LogP contribution in [-0.4, -0.2) is 4.98 Å². The number of nitrogens with two attached hydrogens (primary N) is 1. The summed E-state index contributed by atoms with van der Waals surface area (Å²) in [4.78, 5) is 5.10. The molecule has 0 bridgehead atoms. The quantitative estimate of drug-likeness (QED) is 0.787. The zero-order valence-electron chi connectivity index (χ0n) is 10.8. The van der Waals surface area contributed by atoms with Crippen molar-refractivity contribution in [3.63, 3.8) is 0 Å². The Morgan fingerprint density at radius 3 is 2.75 bits per heavy atom. The molecule has 1 unspecified atom stereocenters. The average molecular weight is 288 g/mol. The van der Waals surface area contributed by atoms with Crippen molar-refractivity contribution < 1.29 is 8.81 Å². The summed E-state index contributed by atoms with van der Waals surface area (Å²) < 4.78 is 19.5. The van der Waals surface area contributed by atoms with Crippen molar-refractivity contribution in [3.05, 3.63) is 53.8 Å². The maximum Gasteiger partial charge on any atom is 0.261 e. The maximum absolute atomic E-state index is 13.9. The van der Waals surface area contributed by atoms with E-state index in [1.165, 1.54) is 17.8 Å². The van der Waals surface area contributed by atoms with Gasteiger partial charge in [-0.25, -0.2) is 9.37 Å². The van der Waals surface area contributed by atoms with Gasteiger partial charge in [-0.15, -0.1) is 0 Å². The van der Waals surface area contributed by atoms with Crippen molar-refractivity contribution in [2.45, 2.75) is 23.1 Å². The van der Waals surface area contributed by atoms with Crippen molar-refractivity contribution in [2.75, 3.05) is 0 Å². The molecule has 102 valence electrons. The Morgan fingerprint density at radius 1 is 1.20 bits per heavy atom. The Balaban J connectivity index is 2.00. The Kier molecular flexibility index (Phi) is 3.46. The lowest BCUT2D eigenvalue weighted by atomic mass is 10.1. The number of oxazole rings is 1. The maximum atomic E-state index is 13.9. The minimum atomic E-state index is -0.386. The van der Waals surface area contributed by atoms with E-state index in [-0.39, 0.29) is 11.9 Å². The molecule has 2 N–H and O–H groups in total. The molecule has 0 aliphatic carbocycles. The highest BCUT2D eigenvalue weighted by Gasteiger charge is 2.15. The van der Waals surface area contributed by atoms with Crippen LogP contribution in [0.2, 0.25) is 0 Å². The van der Waals surface area contributed by atoms with E-state index in [1.54, 1.807) is 13.0 Å². The highest BCUT2D eigenvalue weighted by Crippen LogP contribution is 2.35. The molecule has 0 spiro atoms. The normalized spacial score (nSPS) is 12.8. The molecular formula is C15H13FN2OS. The van der Waals surface area contributed by atoms with Crippen molar-refractivity contribution in [3.8, 4) is 0 Å². The van der Waals surface area contributed by atoms with Crippen LogP contribution >= 0.6 is 11.8 Å². The number of aromatic nitrogens is 1. The minimum absolute atomic E-state index is 0.305. The number of para-hydroxylation sites is 2. The number of nitrogens with zero attached hydrogens (tertiary/aromatic N) is 1. The van der Waals surface area contributed by atoms with E-state index in [1.807, 2.05) is 30.3 Å². The third-order valence-corrected chi connectivity index (χ3v) is 3.86. The Labute approximate surface area is 120 Å². The van der Waals surface area contributed by atoms with Crippen LogP contribution in [-0.2, 0) is 0 Å². The minimum Gasteiger partial charge on any atom is -0.431 e. The molecule has 0 fully saturated rings. The summed E-state index contributed by atoms with van der Waals surface area (Å²) in [5.74, 6) is -0.305. The fourth-order valence-corrected chi connectivity index (χ4v) is 3.04. The molecule has 3 nitrogen and oxygen atoms in total. The van der Waals surface area contributed by atoms with Gasteiger partial charge in [-0.2, -0.15) is 0 Å². The molecule has 0 aliphatic heterocycles. The van der Waals surface area contributed by atoms with Gasteiger partial charge in [0, 0.05) is 16.5 Å². The number of hydrogen-bond acceptors (Lipinski definition) is 4. The Bertz CT molecular complexity index is 721. The summed E-state index contributed by atoms with van der Waals surface area (Å²) in [6, 6.07) is 12.0. The van der Waals surface area contributed by atoms with Gasteiger partial charge in [0.05, 0.1) is 0 Å². The SMILES string of the molecule is CC(N)c1c(F)cccc1Sc1nc2ccccc2o1.